The van der Waals surface area contributed by atoms with Gasteiger partial charge in [0.25, 0.3) is 0 Å². The van der Waals surface area contributed by atoms with Gasteiger partial charge in [0.1, 0.15) is 0 Å². The van der Waals surface area contributed by atoms with Crippen LogP contribution in [0.15, 0.2) is 24.3 Å². The molecule has 21 heavy (non-hydrogen) atoms. The molecule has 7 heteroatoms. The van der Waals surface area contributed by atoms with E-state index >= 15 is 0 Å². The SMILES string of the molecule is CNCC(=O)NC(C)C(C)c1ccccc1C(F)(F)F.Cl. The van der Waals surface area contributed by atoms with E-state index in [1.165, 1.54) is 12.1 Å². The summed E-state index contributed by atoms with van der Waals surface area (Å²) in [5, 5.41) is 5.38. The van der Waals surface area contributed by atoms with E-state index in [9.17, 15) is 18.0 Å². The highest BCUT2D eigenvalue weighted by Gasteiger charge is 2.35. The van der Waals surface area contributed by atoms with Crippen molar-refractivity contribution in [3.8, 4) is 0 Å². The topological polar surface area (TPSA) is 41.1 Å². The Bertz CT molecular complexity index is 466. The maximum Gasteiger partial charge on any atom is 0.416 e. The molecule has 120 valence electrons. The highest BCUT2D eigenvalue weighted by atomic mass is 35.5. The van der Waals surface area contributed by atoms with Gasteiger partial charge in [-0.05, 0) is 25.6 Å². The largest absolute Gasteiger partial charge is 0.416 e. The molecular formula is C14H20ClF3N2O. The quantitative estimate of drug-likeness (QED) is 0.874. The van der Waals surface area contributed by atoms with Crippen LogP contribution in [0.25, 0.3) is 0 Å². The lowest BCUT2D eigenvalue weighted by Crippen LogP contribution is -2.40. The number of likely N-dealkylation sites (N-methyl/N-ethyl adjacent to an activating group) is 1. The molecule has 0 saturated heterocycles. The zero-order chi connectivity index (χ0) is 15.3. The highest BCUT2D eigenvalue weighted by molar-refractivity contribution is 5.85. The van der Waals surface area contributed by atoms with Crippen LogP contribution in [0.3, 0.4) is 0 Å². The maximum atomic E-state index is 13.0. The van der Waals surface area contributed by atoms with Gasteiger partial charge in [0.15, 0.2) is 0 Å². The number of alkyl halides is 3. The Morgan fingerprint density at radius 3 is 2.33 bits per heavy atom. The molecule has 2 N–H and O–H groups in total. The van der Waals surface area contributed by atoms with Crippen molar-refractivity contribution in [1.29, 1.82) is 0 Å². The second-order valence-corrected chi connectivity index (χ2v) is 4.76. The number of amides is 1. The van der Waals surface area contributed by atoms with Crippen molar-refractivity contribution in [1.82, 2.24) is 10.6 Å². The van der Waals surface area contributed by atoms with Crippen LogP contribution >= 0.6 is 12.4 Å². The third-order valence-electron chi connectivity index (χ3n) is 3.23. The van der Waals surface area contributed by atoms with Crippen LogP contribution in [0, 0.1) is 0 Å². The number of benzene rings is 1. The third-order valence-corrected chi connectivity index (χ3v) is 3.23. The minimum atomic E-state index is -4.39. The van der Waals surface area contributed by atoms with Crippen molar-refractivity contribution in [2.24, 2.45) is 0 Å². The van der Waals surface area contributed by atoms with E-state index in [1.54, 1.807) is 27.0 Å². The Balaban J connectivity index is 0.00000400. The molecule has 0 heterocycles. The molecular weight excluding hydrogens is 305 g/mol. The van der Waals surface area contributed by atoms with Gasteiger partial charge in [0.05, 0.1) is 12.1 Å². The van der Waals surface area contributed by atoms with E-state index < -0.39 is 17.7 Å². The monoisotopic (exact) mass is 324 g/mol. The lowest BCUT2D eigenvalue weighted by Gasteiger charge is -2.24. The molecule has 1 aromatic carbocycles. The number of carbonyl (C=O) groups is 1. The summed E-state index contributed by atoms with van der Waals surface area (Å²) in [4.78, 5) is 11.5. The van der Waals surface area contributed by atoms with Crippen LogP contribution in [-0.4, -0.2) is 25.5 Å². The molecule has 1 rings (SSSR count). The van der Waals surface area contributed by atoms with Gasteiger partial charge in [0.2, 0.25) is 5.91 Å². The summed E-state index contributed by atoms with van der Waals surface area (Å²) in [7, 11) is 1.63. The number of halogens is 4. The Hall–Kier alpha value is -1.27. The smallest absolute Gasteiger partial charge is 0.352 e. The van der Waals surface area contributed by atoms with Gasteiger partial charge < -0.3 is 10.6 Å². The Kier molecular flexibility index (Phi) is 7.74. The van der Waals surface area contributed by atoms with Gasteiger partial charge in [-0.3, -0.25) is 4.79 Å². The first-order valence-electron chi connectivity index (χ1n) is 6.37. The molecule has 0 saturated carbocycles. The predicted octanol–water partition coefficient (Wildman–Crippen LogP) is 2.95. The maximum absolute atomic E-state index is 13.0. The van der Waals surface area contributed by atoms with Gasteiger partial charge in [-0.25, -0.2) is 0 Å². The molecule has 0 aromatic heterocycles. The van der Waals surface area contributed by atoms with Crippen LogP contribution in [0.4, 0.5) is 13.2 Å². The fourth-order valence-electron chi connectivity index (χ4n) is 2.01. The van der Waals surface area contributed by atoms with E-state index in [1.807, 2.05) is 0 Å². The number of rotatable bonds is 5. The summed E-state index contributed by atoms with van der Waals surface area (Å²) in [6, 6.07) is 5.06. The van der Waals surface area contributed by atoms with E-state index in [0.717, 1.165) is 6.07 Å². The standard InChI is InChI=1S/C14H19F3N2O.ClH/c1-9(10(2)19-13(20)8-18-3)11-6-4-5-7-12(11)14(15,16)17;/h4-7,9-10,18H,8H2,1-3H3,(H,19,20);1H. The molecule has 0 fully saturated rings. The number of nitrogens with one attached hydrogen (secondary N) is 2. The van der Waals surface area contributed by atoms with E-state index in [0.29, 0.717) is 0 Å². The summed E-state index contributed by atoms with van der Waals surface area (Å²) >= 11 is 0. The van der Waals surface area contributed by atoms with Crippen molar-refractivity contribution in [3.63, 3.8) is 0 Å². The summed E-state index contributed by atoms with van der Waals surface area (Å²) < 4.78 is 38.9. The molecule has 2 unspecified atom stereocenters. The van der Waals surface area contributed by atoms with Crippen LogP contribution in [-0.2, 0) is 11.0 Å². The fraction of sp³-hybridized carbons (Fsp3) is 0.500. The lowest BCUT2D eigenvalue weighted by atomic mass is 9.90. The second kappa shape index (κ2) is 8.24. The molecule has 1 aromatic rings. The normalized spacial score (nSPS) is 14.0. The molecule has 2 atom stereocenters. The summed E-state index contributed by atoms with van der Waals surface area (Å²) in [5.41, 5.74) is -0.459. The van der Waals surface area contributed by atoms with E-state index in [4.69, 9.17) is 0 Å². The molecule has 0 aliphatic heterocycles. The van der Waals surface area contributed by atoms with E-state index in [-0.39, 0.29) is 36.5 Å². The summed E-state index contributed by atoms with van der Waals surface area (Å²) in [6.45, 7) is 3.51. The van der Waals surface area contributed by atoms with Crippen LogP contribution in [0.1, 0.15) is 30.9 Å². The van der Waals surface area contributed by atoms with Crippen LogP contribution in [0.2, 0.25) is 0 Å². The molecule has 1 amide bonds. The van der Waals surface area contributed by atoms with Gasteiger partial charge >= 0.3 is 6.18 Å². The van der Waals surface area contributed by atoms with Crippen molar-refractivity contribution >= 4 is 18.3 Å². The molecule has 0 bridgehead atoms. The lowest BCUT2D eigenvalue weighted by molar-refractivity contribution is -0.138. The minimum absolute atomic E-state index is 0. The van der Waals surface area contributed by atoms with Crippen molar-refractivity contribution in [3.05, 3.63) is 35.4 Å². The summed E-state index contributed by atoms with van der Waals surface area (Å²) in [5.74, 6) is -0.676. The number of hydrogen-bond donors (Lipinski definition) is 2. The van der Waals surface area contributed by atoms with E-state index in [2.05, 4.69) is 10.6 Å². The molecule has 0 radical (unpaired) electrons. The predicted molar refractivity (Wildman–Crippen MR) is 78.6 cm³/mol. The molecule has 0 aliphatic carbocycles. The van der Waals surface area contributed by atoms with Gasteiger partial charge in [-0.1, -0.05) is 25.1 Å². The fourth-order valence-corrected chi connectivity index (χ4v) is 2.01. The van der Waals surface area contributed by atoms with Gasteiger partial charge in [-0.2, -0.15) is 13.2 Å². The van der Waals surface area contributed by atoms with Gasteiger partial charge in [0, 0.05) is 12.0 Å². The van der Waals surface area contributed by atoms with Crippen LogP contribution < -0.4 is 10.6 Å². The number of carbonyl (C=O) groups excluding carboxylic acids is 1. The average Bonchev–Trinajstić information content (AvgIpc) is 2.37. The molecule has 3 nitrogen and oxygen atoms in total. The number of hydrogen-bond acceptors (Lipinski definition) is 2. The molecule has 0 aliphatic rings. The first kappa shape index (κ1) is 19.7. The first-order chi connectivity index (χ1) is 9.27. The Morgan fingerprint density at radius 2 is 1.81 bits per heavy atom. The minimum Gasteiger partial charge on any atom is -0.352 e. The Morgan fingerprint density at radius 1 is 1.24 bits per heavy atom. The van der Waals surface area contributed by atoms with Crippen molar-refractivity contribution < 1.29 is 18.0 Å². The zero-order valence-corrected chi connectivity index (χ0v) is 12.9. The highest BCUT2D eigenvalue weighted by Crippen LogP contribution is 2.35. The third kappa shape index (κ3) is 5.55. The van der Waals surface area contributed by atoms with Crippen molar-refractivity contribution in [2.45, 2.75) is 32.0 Å². The van der Waals surface area contributed by atoms with Crippen molar-refractivity contribution in [2.75, 3.05) is 13.6 Å². The summed E-state index contributed by atoms with van der Waals surface area (Å²) in [6.07, 6.45) is -4.39. The second-order valence-electron chi connectivity index (χ2n) is 4.76. The van der Waals surface area contributed by atoms with Gasteiger partial charge in [-0.15, -0.1) is 12.4 Å². The zero-order valence-electron chi connectivity index (χ0n) is 12.1. The average molecular weight is 325 g/mol. The molecule has 0 spiro atoms. The first-order valence-corrected chi connectivity index (χ1v) is 6.37. The Labute approximate surface area is 128 Å². The van der Waals surface area contributed by atoms with Crippen LogP contribution in [0.5, 0.6) is 0 Å².